The largest absolute Gasteiger partial charge is 0.508 e. The number of rotatable bonds is 8. The second-order valence-corrected chi connectivity index (χ2v) is 13.9. The van der Waals surface area contributed by atoms with Crippen molar-refractivity contribution in [3.05, 3.63) is 102 Å². The summed E-state index contributed by atoms with van der Waals surface area (Å²) in [6, 6.07) is 23.8. The van der Waals surface area contributed by atoms with Gasteiger partial charge >= 0.3 is 6.09 Å². The minimum absolute atomic E-state index is 0.0881. The number of carbonyl (C=O) groups is 3. The van der Waals surface area contributed by atoms with Gasteiger partial charge in [-0.15, -0.1) is 0 Å². The van der Waals surface area contributed by atoms with E-state index >= 15 is 0 Å². The summed E-state index contributed by atoms with van der Waals surface area (Å²) in [5.41, 5.74) is 8.52. The number of primary amides is 1. The molecule has 3 N–H and O–H groups in total. The molecule has 1 fully saturated rings. The monoisotopic (exact) mass is 649 g/mol. The molecule has 240 valence electrons. The second-order valence-electron chi connectivity index (χ2n) is 11.2. The number of hydrogen-bond acceptors (Lipinski definition) is 7. The van der Waals surface area contributed by atoms with Gasteiger partial charge in [-0.2, -0.15) is 0 Å². The third kappa shape index (κ3) is 11.0. The van der Waals surface area contributed by atoms with E-state index < -0.39 is 24.1 Å². The highest BCUT2D eigenvalue weighted by Crippen LogP contribution is 2.26. The van der Waals surface area contributed by atoms with Crippen molar-refractivity contribution >= 4 is 39.5 Å². The Kier molecular flexibility index (Phi) is 14.0. The fraction of sp³-hybridized carbons (Fsp3) is 0.400. The summed E-state index contributed by atoms with van der Waals surface area (Å²) in [5, 5.41) is 9.79. The molecular formula is C35H43N3O5S2. The van der Waals surface area contributed by atoms with Crippen molar-refractivity contribution in [1.29, 1.82) is 0 Å². The number of phenolic OH excluding ortho intramolecular Hbond substituents is 1. The van der Waals surface area contributed by atoms with E-state index in [0.29, 0.717) is 19.5 Å². The zero-order valence-corrected chi connectivity index (χ0v) is 27.2. The number of amides is 3. The highest BCUT2D eigenvalue weighted by atomic mass is 33.1. The predicted octanol–water partition coefficient (Wildman–Crippen LogP) is 6.21. The van der Waals surface area contributed by atoms with Crippen LogP contribution in [-0.2, 0) is 33.8 Å². The molecule has 1 aliphatic heterocycles. The van der Waals surface area contributed by atoms with Gasteiger partial charge in [0.15, 0.2) is 0 Å². The van der Waals surface area contributed by atoms with E-state index in [1.165, 1.54) is 0 Å². The number of benzene rings is 3. The zero-order valence-electron chi connectivity index (χ0n) is 25.6. The Morgan fingerprint density at radius 2 is 1.40 bits per heavy atom. The first kappa shape index (κ1) is 34.2. The van der Waals surface area contributed by atoms with E-state index in [4.69, 9.17) is 10.5 Å². The normalized spacial score (nSPS) is 18.0. The highest BCUT2D eigenvalue weighted by Gasteiger charge is 2.38. The molecule has 3 amide bonds. The Balaban J connectivity index is 1.70. The van der Waals surface area contributed by atoms with Crippen LogP contribution in [0.4, 0.5) is 4.79 Å². The average molecular weight is 650 g/mol. The SMILES string of the molecule is NC(=O)C(Cc1ccc(O)cc1)N1CCCCSSCCCCCN(C(=O)OCc2ccccc2)C(Cc2ccccc2)C1=O. The number of carbonyl (C=O) groups excluding carboxylic acids is 3. The Morgan fingerprint density at radius 3 is 2.04 bits per heavy atom. The molecule has 1 saturated heterocycles. The number of ether oxygens (including phenoxy) is 1. The van der Waals surface area contributed by atoms with Crippen molar-refractivity contribution in [2.75, 3.05) is 24.6 Å². The summed E-state index contributed by atoms with van der Waals surface area (Å²) in [6.07, 6.45) is 4.12. The van der Waals surface area contributed by atoms with Crippen molar-refractivity contribution in [1.82, 2.24) is 9.80 Å². The maximum Gasteiger partial charge on any atom is 0.410 e. The van der Waals surface area contributed by atoms with Crippen molar-refractivity contribution in [3.63, 3.8) is 0 Å². The number of aromatic hydroxyl groups is 1. The second kappa shape index (κ2) is 18.4. The van der Waals surface area contributed by atoms with Gasteiger partial charge in [-0.05, 0) is 54.5 Å². The topological polar surface area (TPSA) is 113 Å². The van der Waals surface area contributed by atoms with Crippen LogP contribution in [0, 0.1) is 0 Å². The molecule has 1 aliphatic rings. The quantitative estimate of drug-likeness (QED) is 0.279. The Hall–Kier alpha value is -3.63. The van der Waals surface area contributed by atoms with Crippen molar-refractivity contribution in [3.8, 4) is 5.75 Å². The van der Waals surface area contributed by atoms with Crippen LogP contribution in [0.15, 0.2) is 84.9 Å². The lowest BCUT2D eigenvalue weighted by Crippen LogP contribution is -2.58. The lowest BCUT2D eigenvalue weighted by atomic mass is 9.99. The molecular weight excluding hydrogens is 607 g/mol. The van der Waals surface area contributed by atoms with Gasteiger partial charge < -0.3 is 20.5 Å². The first-order valence-corrected chi connectivity index (χ1v) is 18.0. The van der Waals surface area contributed by atoms with Gasteiger partial charge in [0.1, 0.15) is 24.4 Å². The van der Waals surface area contributed by atoms with E-state index in [2.05, 4.69) is 0 Å². The summed E-state index contributed by atoms with van der Waals surface area (Å²) >= 11 is 0. The Morgan fingerprint density at radius 1 is 0.800 bits per heavy atom. The van der Waals surface area contributed by atoms with Gasteiger partial charge in [0, 0.05) is 37.4 Å². The maximum absolute atomic E-state index is 14.8. The average Bonchev–Trinajstić information content (AvgIpc) is 3.06. The first-order valence-electron chi connectivity index (χ1n) is 15.6. The molecule has 0 bridgehead atoms. The molecule has 0 aliphatic carbocycles. The van der Waals surface area contributed by atoms with Crippen molar-refractivity contribution in [2.24, 2.45) is 5.73 Å². The van der Waals surface area contributed by atoms with Crippen molar-refractivity contribution < 1.29 is 24.2 Å². The summed E-state index contributed by atoms with van der Waals surface area (Å²) in [4.78, 5) is 44.8. The van der Waals surface area contributed by atoms with Crippen LogP contribution < -0.4 is 5.73 Å². The summed E-state index contributed by atoms with van der Waals surface area (Å²) in [7, 11) is 3.68. The molecule has 3 aromatic carbocycles. The molecule has 3 aromatic rings. The lowest BCUT2D eigenvalue weighted by molar-refractivity contribution is -0.143. The smallest absolute Gasteiger partial charge is 0.410 e. The van der Waals surface area contributed by atoms with Crippen LogP contribution in [0.3, 0.4) is 0 Å². The predicted molar refractivity (Wildman–Crippen MR) is 182 cm³/mol. The number of phenols is 1. The highest BCUT2D eigenvalue weighted by molar-refractivity contribution is 8.76. The van der Waals surface area contributed by atoms with Gasteiger partial charge in [0.2, 0.25) is 11.8 Å². The van der Waals surface area contributed by atoms with Gasteiger partial charge in [0.05, 0.1) is 0 Å². The molecule has 2 unspecified atom stereocenters. The number of nitrogens with zero attached hydrogens (tertiary/aromatic N) is 2. The number of hydrogen-bond donors (Lipinski definition) is 2. The molecule has 8 nitrogen and oxygen atoms in total. The molecule has 0 radical (unpaired) electrons. The Labute approximate surface area is 274 Å². The van der Waals surface area contributed by atoms with Gasteiger partial charge in [-0.3, -0.25) is 14.5 Å². The van der Waals surface area contributed by atoms with E-state index in [-0.39, 0.29) is 31.1 Å². The number of nitrogens with two attached hydrogens (primary N) is 1. The van der Waals surface area contributed by atoms with Crippen LogP contribution in [0.25, 0.3) is 0 Å². The maximum atomic E-state index is 14.8. The fourth-order valence-electron chi connectivity index (χ4n) is 5.36. The van der Waals surface area contributed by atoms with E-state index in [0.717, 1.165) is 53.9 Å². The van der Waals surface area contributed by atoms with E-state index in [9.17, 15) is 19.5 Å². The van der Waals surface area contributed by atoms with Crippen LogP contribution in [0.5, 0.6) is 5.75 Å². The molecule has 4 rings (SSSR count). The summed E-state index contributed by atoms with van der Waals surface area (Å²) < 4.78 is 5.82. The van der Waals surface area contributed by atoms with Gasteiger partial charge in [0.25, 0.3) is 0 Å². The molecule has 10 heteroatoms. The van der Waals surface area contributed by atoms with Crippen LogP contribution in [0.1, 0.15) is 48.8 Å². The minimum atomic E-state index is -0.930. The lowest BCUT2D eigenvalue weighted by Gasteiger charge is -2.37. The fourth-order valence-corrected chi connectivity index (χ4v) is 7.65. The third-order valence-electron chi connectivity index (χ3n) is 7.81. The zero-order chi connectivity index (χ0) is 31.9. The minimum Gasteiger partial charge on any atom is -0.508 e. The standard InChI is InChI=1S/C35H43N3O5S2/c36-33(40)31(24-28-16-18-30(39)19-17-28)37-20-9-11-23-45-44-22-10-3-8-21-38(35(42)43-26-29-14-6-2-7-15-29)32(34(37)41)25-27-12-4-1-5-13-27/h1-2,4-7,12-19,31-32,39H,3,8-11,20-26H2,(H2,36,40). The third-order valence-corrected chi connectivity index (χ3v) is 10.4. The molecule has 1 heterocycles. The Bertz CT molecular complexity index is 1340. The van der Waals surface area contributed by atoms with E-state index in [1.807, 2.05) is 82.3 Å². The molecule has 2 atom stereocenters. The molecule has 0 aromatic heterocycles. The van der Waals surface area contributed by atoms with Gasteiger partial charge in [-0.25, -0.2) is 4.79 Å². The molecule has 45 heavy (non-hydrogen) atoms. The van der Waals surface area contributed by atoms with E-state index in [1.54, 1.807) is 34.1 Å². The van der Waals surface area contributed by atoms with Gasteiger partial charge in [-0.1, -0.05) is 101 Å². The van der Waals surface area contributed by atoms with Crippen LogP contribution in [-0.4, -0.2) is 69.5 Å². The summed E-state index contributed by atoms with van der Waals surface area (Å²) in [5.74, 6) is 1.14. The first-order chi connectivity index (χ1) is 21.9. The summed E-state index contributed by atoms with van der Waals surface area (Å²) in [6.45, 7) is 0.764. The molecule has 0 spiro atoms. The van der Waals surface area contributed by atoms with Crippen LogP contribution >= 0.6 is 21.6 Å². The van der Waals surface area contributed by atoms with Crippen LogP contribution in [0.2, 0.25) is 0 Å². The van der Waals surface area contributed by atoms with Crippen molar-refractivity contribution in [2.45, 2.75) is 63.6 Å². The molecule has 0 saturated carbocycles.